The molecule has 0 saturated heterocycles. The number of hydrogen-bond acceptors (Lipinski definition) is 7. The summed E-state index contributed by atoms with van der Waals surface area (Å²) in [5, 5.41) is 9.44. The van der Waals surface area contributed by atoms with E-state index in [2.05, 4.69) is 25.5 Å². The van der Waals surface area contributed by atoms with Crippen LogP contribution in [0.4, 0.5) is 32.2 Å². The molecule has 42 heavy (non-hydrogen) atoms. The number of hydrogen-bond donors (Lipinski definition) is 2. The zero-order chi connectivity index (χ0) is 29.9. The standard InChI is InChI=1S/C26H19F6N9O/c27-25(28,29)17-5-7-35-19(12-17)36-23(42)15-3-1-14(2-4-15)22-37-21(18-13-34-8-10-41(18,22)33)16-6-9-40-20(11-16)38-39-24(40)26(30,31)32/h1-5,7-8,10,12-13,16H,6,9,11,33H2/p+1/t16-,41?/m1/s1. The monoisotopic (exact) mass is 588 g/mol. The van der Waals surface area contributed by atoms with Gasteiger partial charge in [0.1, 0.15) is 23.5 Å². The van der Waals surface area contributed by atoms with E-state index in [1.807, 2.05) is 0 Å². The number of aliphatic imine (C=N–C) groups is 2. The number of benzene rings is 1. The summed E-state index contributed by atoms with van der Waals surface area (Å²) < 4.78 is 79.6. The molecule has 10 nitrogen and oxygen atoms in total. The van der Waals surface area contributed by atoms with Crippen LogP contribution in [0.25, 0.3) is 0 Å². The molecule has 1 aromatic carbocycles. The van der Waals surface area contributed by atoms with E-state index in [1.165, 1.54) is 18.3 Å². The van der Waals surface area contributed by atoms with Gasteiger partial charge in [0, 0.05) is 30.6 Å². The predicted molar refractivity (Wildman–Crippen MR) is 136 cm³/mol. The van der Waals surface area contributed by atoms with E-state index >= 15 is 0 Å². The molecule has 0 bridgehead atoms. The summed E-state index contributed by atoms with van der Waals surface area (Å²) in [4.78, 5) is 25.5. The number of amides is 1. The number of nitrogens with one attached hydrogen (secondary N) is 1. The fourth-order valence-electron chi connectivity index (χ4n) is 5.11. The topological polar surface area (TPSA) is 123 Å². The molecular formula is C26H20F6N9O+. The third kappa shape index (κ3) is 4.77. The second-order valence-corrected chi connectivity index (χ2v) is 9.80. The van der Waals surface area contributed by atoms with Crippen molar-refractivity contribution < 1.29 is 35.7 Å². The summed E-state index contributed by atoms with van der Waals surface area (Å²) in [5.74, 6) is 5.06. The first kappa shape index (κ1) is 27.5. The van der Waals surface area contributed by atoms with Gasteiger partial charge in [0.15, 0.2) is 0 Å². The molecule has 2 atom stereocenters. The van der Waals surface area contributed by atoms with E-state index in [9.17, 15) is 31.1 Å². The van der Waals surface area contributed by atoms with Crippen molar-refractivity contribution in [3.8, 4) is 0 Å². The maximum atomic E-state index is 13.3. The van der Waals surface area contributed by atoms with Crippen LogP contribution in [0.1, 0.15) is 39.6 Å². The number of pyridine rings is 1. The molecule has 216 valence electrons. The molecule has 3 N–H and O–H groups in total. The Kier molecular flexibility index (Phi) is 6.34. The number of nitrogens with zero attached hydrogens (tertiary/aromatic N) is 7. The van der Waals surface area contributed by atoms with Crippen LogP contribution in [-0.2, 0) is 25.3 Å². The van der Waals surface area contributed by atoms with Gasteiger partial charge in [0.2, 0.25) is 11.5 Å². The number of carbonyl (C=O) groups is 1. The molecule has 0 aliphatic carbocycles. The molecule has 1 amide bonds. The summed E-state index contributed by atoms with van der Waals surface area (Å²) in [6, 6.07) is 7.65. The molecule has 2 aromatic heterocycles. The molecule has 0 spiro atoms. The molecule has 0 fully saturated rings. The number of nitrogens with two attached hydrogens (primary N) is 1. The van der Waals surface area contributed by atoms with Crippen LogP contribution in [-0.4, -0.2) is 42.3 Å². The fourth-order valence-corrected chi connectivity index (χ4v) is 5.11. The van der Waals surface area contributed by atoms with E-state index in [0.717, 1.165) is 22.9 Å². The third-order valence-electron chi connectivity index (χ3n) is 7.15. The Morgan fingerprint density at radius 1 is 1.05 bits per heavy atom. The van der Waals surface area contributed by atoms with Crippen molar-refractivity contribution in [2.24, 2.45) is 21.7 Å². The highest BCUT2D eigenvalue weighted by molar-refractivity contribution is 6.05. The lowest BCUT2D eigenvalue weighted by Crippen LogP contribution is -2.53. The van der Waals surface area contributed by atoms with Gasteiger partial charge >= 0.3 is 12.4 Å². The summed E-state index contributed by atoms with van der Waals surface area (Å²) in [6.45, 7) is 0.0472. The number of aromatic nitrogens is 4. The van der Waals surface area contributed by atoms with E-state index in [4.69, 9.17) is 10.8 Å². The lowest BCUT2D eigenvalue weighted by Gasteiger charge is -2.27. The number of allylic oxidation sites excluding steroid dienone is 2. The van der Waals surface area contributed by atoms with Gasteiger partial charge in [-0.15, -0.1) is 14.8 Å². The molecular weight excluding hydrogens is 568 g/mol. The number of amidine groups is 1. The lowest BCUT2D eigenvalue weighted by atomic mass is 9.93. The molecule has 3 aromatic rings. The molecule has 1 unspecified atom stereocenters. The first-order valence-corrected chi connectivity index (χ1v) is 12.5. The number of alkyl halides is 6. The van der Waals surface area contributed by atoms with Crippen LogP contribution in [0.5, 0.6) is 0 Å². The minimum Gasteiger partial charge on any atom is -0.307 e. The lowest BCUT2D eigenvalue weighted by molar-refractivity contribution is -0.750. The highest BCUT2D eigenvalue weighted by atomic mass is 19.4. The minimum absolute atomic E-state index is 0.0472. The van der Waals surface area contributed by atoms with Gasteiger partial charge in [-0.2, -0.15) is 37.2 Å². The molecule has 0 radical (unpaired) electrons. The quantitative estimate of drug-likeness (QED) is 0.265. The summed E-state index contributed by atoms with van der Waals surface area (Å²) in [6.07, 6.45) is -3.09. The average Bonchev–Trinajstić information content (AvgIpc) is 3.51. The first-order valence-electron chi connectivity index (χ1n) is 12.5. The fraction of sp³-hybridized carbons (Fsp3) is 0.231. The SMILES string of the molecule is N[N+]12C=CN=CC1=C([C@@H]1CCn3c(nnc3C(F)(F)F)C1)N=C2c1ccc(C(=O)Nc2cc(C(F)(F)F)ccn2)cc1. The average molecular weight is 588 g/mol. The van der Waals surface area contributed by atoms with Gasteiger partial charge in [0.25, 0.3) is 11.7 Å². The highest BCUT2D eigenvalue weighted by Gasteiger charge is 2.47. The van der Waals surface area contributed by atoms with Crippen LogP contribution >= 0.6 is 0 Å². The molecule has 0 saturated carbocycles. The van der Waals surface area contributed by atoms with Crippen molar-refractivity contribution in [1.82, 2.24) is 19.7 Å². The maximum absolute atomic E-state index is 13.3. The molecule has 3 aliphatic rings. The van der Waals surface area contributed by atoms with Crippen LogP contribution in [0.2, 0.25) is 0 Å². The Hall–Kier alpha value is -4.70. The normalized spacial score (nSPS) is 21.7. The van der Waals surface area contributed by atoms with Gasteiger partial charge in [-0.1, -0.05) is 0 Å². The number of fused-ring (bicyclic) bond motifs is 2. The first-order chi connectivity index (χ1) is 19.8. The molecule has 16 heteroatoms. The second kappa shape index (κ2) is 9.70. The van der Waals surface area contributed by atoms with Crippen LogP contribution in [0, 0.1) is 5.92 Å². The van der Waals surface area contributed by atoms with Gasteiger partial charge in [-0.05, 0) is 42.8 Å². The van der Waals surface area contributed by atoms with Gasteiger partial charge in [-0.25, -0.2) is 4.98 Å². The van der Waals surface area contributed by atoms with E-state index in [0.29, 0.717) is 29.2 Å². The maximum Gasteiger partial charge on any atom is 0.451 e. The van der Waals surface area contributed by atoms with Crippen molar-refractivity contribution in [3.63, 3.8) is 0 Å². The molecule has 3 aliphatic heterocycles. The number of rotatable bonds is 4. The Balaban J connectivity index is 1.25. The summed E-state index contributed by atoms with van der Waals surface area (Å²) in [7, 11) is 0. The van der Waals surface area contributed by atoms with Crippen molar-refractivity contribution in [3.05, 3.63) is 94.7 Å². The van der Waals surface area contributed by atoms with Crippen LogP contribution in [0.15, 0.2) is 76.4 Å². The van der Waals surface area contributed by atoms with Crippen molar-refractivity contribution in [1.29, 1.82) is 0 Å². The van der Waals surface area contributed by atoms with Crippen molar-refractivity contribution >= 4 is 23.8 Å². The largest absolute Gasteiger partial charge is 0.451 e. The van der Waals surface area contributed by atoms with Crippen LogP contribution in [0.3, 0.4) is 0 Å². The summed E-state index contributed by atoms with van der Waals surface area (Å²) in [5.41, 5.74) is 0.837. The zero-order valence-corrected chi connectivity index (χ0v) is 21.4. The minimum atomic E-state index is -4.62. The van der Waals surface area contributed by atoms with E-state index in [1.54, 1.807) is 24.5 Å². The Morgan fingerprint density at radius 2 is 1.81 bits per heavy atom. The van der Waals surface area contributed by atoms with E-state index in [-0.39, 0.29) is 40.7 Å². The smallest absolute Gasteiger partial charge is 0.307 e. The zero-order valence-electron chi connectivity index (χ0n) is 21.4. The van der Waals surface area contributed by atoms with Gasteiger partial charge in [0.05, 0.1) is 23.5 Å². The number of halogens is 6. The Labute approximate surface area is 233 Å². The number of anilines is 1. The number of quaternary nitrogens is 1. The predicted octanol–water partition coefficient (Wildman–Crippen LogP) is 4.44. The van der Waals surface area contributed by atoms with Crippen LogP contribution < -0.4 is 11.2 Å². The Bertz CT molecular complexity index is 1700. The Morgan fingerprint density at radius 3 is 2.52 bits per heavy atom. The third-order valence-corrected chi connectivity index (χ3v) is 7.15. The van der Waals surface area contributed by atoms with Gasteiger partial charge < -0.3 is 9.88 Å². The van der Waals surface area contributed by atoms with Crippen molar-refractivity contribution in [2.75, 3.05) is 5.32 Å². The van der Waals surface area contributed by atoms with E-state index < -0.39 is 29.6 Å². The molecule has 6 rings (SSSR count). The summed E-state index contributed by atoms with van der Waals surface area (Å²) >= 11 is 0. The molecule has 5 heterocycles. The highest BCUT2D eigenvalue weighted by Crippen LogP contribution is 2.39. The van der Waals surface area contributed by atoms with Crippen molar-refractivity contribution in [2.45, 2.75) is 31.7 Å². The van der Waals surface area contributed by atoms with Gasteiger partial charge in [-0.3, -0.25) is 9.79 Å². The second-order valence-electron chi connectivity index (χ2n) is 9.80. The number of carbonyl (C=O) groups excluding carboxylic acids is 1.